The summed E-state index contributed by atoms with van der Waals surface area (Å²) in [4.78, 5) is 35.5. The monoisotopic (exact) mass is 416 g/mol. The smallest absolute Gasteiger partial charge is 0.344 e. The van der Waals surface area contributed by atoms with Crippen LogP contribution in [0, 0.1) is 0 Å². The molecular formula is C20H20N2O8. The average Bonchev–Trinajstić information content (AvgIpc) is 2.76. The van der Waals surface area contributed by atoms with Gasteiger partial charge >= 0.3 is 12.0 Å². The van der Waals surface area contributed by atoms with Crippen LogP contribution in [0.5, 0.6) is 23.0 Å². The lowest BCUT2D eigenvalue weighted by molar-refractivity contribution is -0.150. The molecule has 0 aromatic heterocycles. The van der Waals surface area contributed by atoms with Crippen molar-refractivity contribution in [1.82, 2.24) is 5.32 Å². The van der Waals surface area contributed by atoms with Crippen LogP contribution in [-0.2, 0) is 14.3 Å². The molecule has 158 valence electrons. The van der Waals surface area contributed by atoms with E-state index in [0.717, 1.165) is 0 Å². The van der Waals surface area contributed by atoms with Gasteiger partial charge in [-0.3, -0.25) is 10.1 Å². The van der Waals surface area contributed by atoms with Gasteiger partial charge in [0.15, 0.2) is 36.2 Å². The van der Waals surface area contributed by atoms with Crippen LogP contribution in [0.15, 0.2) is 42.5 Å². The molecule has 2 aromatic rings. The number of fused-ring (bicyclic) bond motifs is 1. The van der Waals surface area contributed by atoms with Crippen molar-refractivity contribution in [1.29, 1.82) is 0 Å². The highest BCUT2D eigenvalue weighted by Gasteiger charge is 2.15. The number of carbonyl (C=O) groups is 3. The number of imide groups is 1. The van der Waals surface area contributed by atoms with Crippen molar-refractivity contribution in [2.24, 2.45) is 0 Å². The third kappa shape index (κ3) is 5.77. The maximum absolute atomic E-state index is 11.9. The lowest BCUT2D eigenvalue weighted by Crippen LogP contribution is -2.37. The Hall–Kier alpha value is -3.95. The number of rotatable bonds is 7. The van der Waals surface area contributed by atoms with E-state index in [4.69, 9.17) is 23.7 Å². The van der Waals surface area contributed by atoms with Gasteiger partial charge in [-0.2, -0.15) is 0 Å². The summed E-state index contributed by atoms with van der Waals surface area (Å²) in [6.45, 7) is -0.190. The summed E-state index contributed by atoms with van der Waals surface area (Å²) in [5.41, 5.74) is 0.409. The number of urea groups is 1. The van der Waals surface area contributed by atoms with Crippen molar-refractivity contribution >= 4 is 23.6 Å². The fraction of sp³-hybridized carbons (Fsp3) is 0.250. The molecule has 0 aliphatic carbocycles. The summed E-state index contributed by atoms with van der Waals surface area (Å²) >= 11 is 0. The Balaban J connectivity index is 1.39. The molecule has 0 radical (unpaired) electrons. The second-order valence-electron chi connectivity index (χ2n) is 5.96. The molecule has 1 aliphatic heterocycles. The summed E-state index contributed by atoms with van der Waals surface area (Å²) in [5, 5.41) is 4.54. The molecule has 1 aliphatic rings. The van der Waals surface area contributed by atoms with Gasteiger partial charge in [0, 0.05) is 11.8 Å². The molecule has 1 heterocycles. The van der Waals surface area contributed by atoms with E-state index in [0.29, 0.717) is 41.9 Å². The van der Waals surface area contributed by atoms with Gasteiger partial charge in [-0.15, -0.1) is 0 Å². The molecular weight excluding hydrogens is 396 g/mol. The third-order valence-corrected chi connectivity index (χ3v) is 3.83. The Morgan fingerprint density at radius 1 is 0.967 bits per heavy atom. The molecule has 0 atom stereocenters. The van der Waals surface area contributed by atoms with Crippen LogP contribution < -0.4 is 29.6 Å². The Kier molecular flexibility index (Phi) is 6.93. The number of nitrogens with one attached hydrogen (secondary N) is 2. The number of amides is 3. The van der Waals surface area contributed by atoms with Crippen LogP contribution in [0.4, 0.5) is 10.5 Å². The van der Waals surface area contributed by atoms with Crippen molar-refractivity contribution in [2.75, 3.05) is 38.9 Å². The van der Waals surface area contributed by atoms with Crippen LogP contribution in [0.3, 0.4) is 0 Å². The van der Waals surface area contributed by atoms with E-state index in [9.17, 15) is 14.4 Å². The third-order valence-electron chi connectivity index (χ3n) is 3.83. The lowest BCUT2D eigenvalue weighted by atomic mass is 10.2. The number of esters is 1. The second-order valence-corrected chi connectivity index (χ2v) is 5.96. The molecule has 10 heteroatoms. The van der Waals surface area contributed by atoms with E-state index in [-0.39, 0.29) is 0 Å². The topological polar surface area (TPSA) is 121 Å². The van der Waals surface area contributed by atoms with Gasteiger partial charge < -0.3 is 29.0 Å². The minimum Gasteiger partial charge on any atom is -0.493 e. The molecule has 2 aromatic carbocycles. The highest BCUT2D eigenvalue weighted by atomic mass is 16.6. The number of ether oxygens (including phenoxy) is 5. The molecule has 0 spiro atoms. The first-order valence-corrected chi connectivity index (χ1v) is 8.97. The fourth-order valence-corrected chi connectivity index (χ4v) is 2.51. The first-order chi connectivity index (χ1) is 14.5. The van der Waals surface area contributed by atoms with E-state index in [1.807, 2.05) is 0 Å². The van der Waals surface area contributed by atoms with Crippen LogP contribution in [-0.4, -0.2) is 51.4 Å². The number of benzene rings is 2. The van der Waals surface area contributed by atoms with E-state index in [2.05, 4.69) is 10.6 Å². The maximum atomic E-state index is 11.9. The van der Waals surface area contributed by atoms with Crippen molar-refractivity contribution in [2.45, 2.75) is 0 Å². The minimum absolute atomic E-state index is 0.361. The predicted octanol–water partition coefficient (Wildman–Crippen LogP) is 1.74. The molecule has 10 nitrogen and oxygen atoms in total. The summed E-state index contributed by atoms with van der Waals surface area (Å²) in [5.74, 6) is 0.318. The molecule has 3 amide bonds. The van der Waals surface area contributed by atoms with Crippen molar-refractivity contribution in [3.8, 4) is 23.0 Å². The Labute approximate surface area is 172 Å². The number of anilines is 1. The number of hydrogen-bond donors (Lipinski definition) is 2. The van der Waals surface area contributed by atoms with Crippen molar-refractivity contribution in [3.63, 3.8) is 0 Å². The average molecular weight is 416 g/mol. The first kappa shape index (κ1) is 20.8. The maximum Gasteiger partial charge on any atom is 0.344 e. The Morgan fingerprint density at radius 3 is 2.47 bits per heavy atom. The zero-order chi connectivity index (χ0) is 21.3. The molecule has 0 fully saturated rings. The largest absolute Gasteiger partial charge is 0.493 e. The van der Waals surface area contributed by atoms with Crippen LogP contribution in [0.2, 0.25) is 0 Å². The van der Waals surface area contributed by atoms with Gasteiger partial charge in [0.25, 0.3) is 5.91 Å². The molecule has 0 saturated heterocycles. The minimum atomic E-state index is -0.796. The van der Waals surface area contributed by atoms with Crippen LogP contribution in [0.25, 0.3) is 0 Å². The van der Waals surface area contributed by atoms with E-state index < -0.39 is 31.1 Å². The molecule has 3 rings (SSSR count). The summed E-state index contributed by atoms with van der Waals surface area (Å²) in [6.07, 6.45) is 0. The molecule has 0 unspecified atom stereocenters. The zero-order valence-corrected chi connectivity index (χ0v) is 16.1. The fourth-order valence-electron chi connectivity index (χ4n) is 2.51. The second kappa shape index (κ2) is 10.0. The molecule has 2 N–H and O–H groups in total. The summed E-state index contributed by atoms with van der Waals surface area (Å²) in [7, 11) is 1.47. The van der Waals surface area contributed by atoms with Gasteiger partial charge in [0.05, 0.1) is 7.11 Å². The van der Waals surface area contributed by atoms with E-state index in [1.165, 1.54) is 7.11 Å². The number of carbonyl (C=O) groups excluding carboxylic acids is 3. The van der Waals surface area contributed by atoms with Gasteiger partial charge in [0.2, 0.25) is 0 Å². The van der Waals surface area contributed by atoms with Gasteiger partial charge in [-0.25, -0.2) is 9.59 Å². The van der Waals surface area contributed by atoms with Gasteiger partial charge in [-0.1, -0.05) is 12.1 Å². The highest BCUT2D eigenvalue weighted by Crippen LogP contribution is 2.32. The normalized spacial score (nSPS) is 11.8. The molecule has 0 saturated carbocycles. The summed E-state index contributed by atoms with van der Waals surface area (Å²) < 4.78 is 26.0. The number of para-hydroxylation sites is 2. The molecule has 30 heavy (non-hydrogen) atoms. The first-order valence-electron chi connectivity index (χ1n) is 8.97. The van der Waals surface area contributed by atoms with E-state index in [1.54, 1.807) is 42.5 Å². The van der Waals surface area contributed by atoms with Crippen molar-refractivity contribution < 1.29 is 38.1 Å². The standard InChI is InChI=1S/C20H20N2O8/c1-26-14-4-2-3-5-15(14)29-12-19(24)30-11-18(23)22-20(25)21-13-6-7-16-17(10-13)28-9-8-27-16/h2-7,10H,8-9,11-12H2,1H3,(H2,21,22,23,25). The quantitative estimate of drug-likeness (QED) is 0.655. The zero-order valence-electron chi connectivity index (χ0n) is 16.1. The Bertz CT molecular complexity index is 931. The van der Waals surface area contributed by atoms with Crippen LogP contribution >= 0.6 is 0 Å². The highest BCUT2D eigenvalue weighted by molar-refractivity contribution is 6.02. The van der Waals surface area contributed by atoms with Crippen LogP contribution in [0.1, 0.15) is 0 Å². The van der Waals surface area contributed by atoms with Gasteiger partial charge in [0.1, 0.15) is 13.2 Å². The number of hydrogen-bond acceptors (Lipinski definition) is 8. The van der Waals surface area contributed by atoms with E-state index >= 15 is 0 Å². The lowest BCUT2D eigenvalue weighted by Gasteiger charge is -2.19. The van der Waals surface area contributed by atoms with Crippen molar-refractivity contribution in [3.05, 3.63) is 42.5 Å². The Morgan fingerprint density at radius 2 is 1.70 bits per heavy atom. The SMILES string of the molecule is COc1ccccc1OCC(=O)OCC(=O)NC(=O)Nc1ccc2c(c1)OCCO2. The summed E-state index contributed by atoms with van der Waals surface area (Å²) in [6, 6.07) is 10.8. The predicted molar refractivity (Wildman–Crippen MR) is 104 cm³/mol. The van der Waals surface area contributed by atoms with Gasteiger partial charge in [-0.05, 0) is 24.3 Å². The molecule has 0 bridgehead atoms. The number of methoxy groups -OCH3 is 1.